The molecule has 146 valence electrons. The number of hydrogen-bond acceptors (Lipinski definition) is 1. The molecule has 0 saturated carbocycles. The molecule has 3 nitrogen and oxygen atoms in total. The van der Waals surface area contributed by atoms with Crippen LogP contribution >= 0.6 is 0 Å². The molecule has 7 rings (SSSR count). The van der Waals surface area contributed by atoms with E-state index in [9.17, 15) is 0 Å². The second kappa shape index (κ2) is 5.79. The summed E-state index contributed by atoms with van der Waals surface area (Å²) in [4.78, 5) is 5.29. The topological polar surface area (TPSA) is 21.2 Å². The van der Waals surface area contributed by atoms with Gasteiger partial charge in [0.25, 0.3) is 0 Å². The molecule has 0 N–H and O–H groups in total. The van der Waals surface area contributed by atoms with E-state index in [4.69, 9.17) is 4.98 Å². The molecule has 0 aliphatic rings. The second-order valence-electron chi connectivity index (χ2n) is 8.37. The zero-order chi connectivity index (χ0) is 20.7. The summed E-state index contributed by atoms with van der Waals surface area (Å²) >= 11 is 0. The van der Waals surface area contributed by atoms with Gasteiger partial charge >= 0.3 is 5.82 Å². The van der Waals surface area contributed by atoms with Gasteiger partial charge in [-0.15, -0.1) is 0 Å². The minimum atomic E-state index is 1.00. The van der Waals surface area contributed by atoms with Crippen LogP contribution in [-0.4, -0.2) is 9.38 Å². The molecule has 0 aliphatic heterocycles. The SMILES string of the molecule is Cc1c(-c2nc3c4ccccc4n4c5ccccc5c(c34)[n+]2C)ccc2ccccc12. The standard InChI is InChI=1S/C28H20N3/c1-17-19-10-4-3-9-18(19)15-16-20(17)28-29-25-21-11-5-7-13-23(21)31-24-14-8-6-12-22(24)26(27(25)31)30(28)2/h3-16H,1-2H3/q+1. The van der Waals surface area contributed by atoms with E-state index in [0.717, 1.165) is 11.3 Å². The minimum absolute atomic E-state index is 1.00. The van der Waals surface area contributed by atoms with Crippen molar-refractivity contribution in [1.82, 2.24) is 9.38 Å². The number of nitrogens with zero attached hydrogens (tertiary/aromatic N) is 3. The first-order valence-electron chi connectivity index (χ1n) is 10.7. The number of hydrogen-bond donors (Lipinski definition) is 0. The highest BCUT2D eigenvalue weighted by molar-refractivity contribution is 6.19. The average Bonchev–Trinajstić information content (AvgIpc) is 3.32. The molecular formula is C28H20N3+. The molecule has 0 saturated heterocycles. The summed E-state index contributed by atoms with van der Waals surface area (Å²) in [5, 5.41) is 5.01. The second-order valence-corrected chi connectivity index (χ2v) is 8.37. The van der Waals surface area contributed by atoms with Crippen LogP contribution in [0.25, 0.3) is 60.5 Å². The van der Waals surface area contributed by atoms with Gasteiger partial charge in [0.1, 0.15) is 5.52 Å². The molecule has 7 aromatic rings. The van der Waals surface area contributed by atoms with Crippen molar-refractivity contribution in [1.29, 1.82) is 0 Å². The first-order valence-corrected chi connectivity index (χ1v) is 10.7. The molecule has 3 aromatic heterocycles. The maximum atomic E-state index is 5.29. The van der Waals surface area contributed by atoms with Gasteiger partial charge in [-0.2, -0.15) is 0 Å². The van der Waals surface area contributed by atoms with Gasteiger partial charge in [0, 0.05) is 5.39 Å². The first-order chi connectivity index (χ1) is 15.2. The van der Waals surface area contributed by atoms with E-state index in [1.807, 2.05) is 0 Å². The van der Waals surface area contributed by atoms with E-state index < -0.39 is 0 Å². The van der Waals surface area contributed by atoms with Crippen LogP contribution in [0.1, 0.15) is 5.56 Å². The van der Waals surface area contributed by atoms with Crippen LogP contribution < -0.4 is 4.57 Å². The lowest BCUT2D eigenvalue weighted by Crippen LogP contribution is -2.33. The number of aromatic nitrogens is 3. The molecule has 3 heteroatoms. The summed E-state index contributed by atoms with van der Waals surface area (Å²) in [6.07, 6.45) is 0. The van der Waals surface area contributed by atoms with Crippen LogP contribution in [0.4, 0.5) is 0 Å². The molecule has 0 fully saturated rings. The van der Waals surface area contributed by atoms with Crippen LogP contribution in [0.2, 0.25) is 0 Å². The van der Waals surface area contributed by atoms with E-state index in [2.05, 4.69) is 108 Å². The summed E-state index contributed by atoms with van der Waals surface area (Å²) in [6, 6.07) is 30.3. The molecule has 0 bridgehead atoms. The molecule has 0 spiro atoms. The van der Waals surface area contributed by atoms with Crippen LogP contribution in [0.3, 0.4) is 0 Å². The minimum Gasteiger partial charge on any atom is -0.301 e. The Kier molecular flexibility index (Phi) is 3.14. The Balaban J connectivity index is 1.73. The van der Waals surface area contributed by atoms with Gasteiger partial charge in [0.15, 0.2) is 5.52 Å². The third-order valence-electron chi connectivity index (χ3n) is 6.78. The zero-order valence-corrected chi connectivity index (χ0v) is 17.4. The summed E-state index contributed by atoms with van der Waals surface area (Å²) in [5.74, 6) is 1.00. The van der Waals surface area contributed by atoms with Crippen LogP contribution in [-0.2, 0) is 7.05 Å². The van der Waals surface area contributed by atoms with Crippen molar-refractivity contribution < 1.29 is 4.57 Å². The maximum Gasteiger partial charge on any atom is 0.331 e. The summed E-state index contributed by atoms with van der Waals surface area (Å²) in [6.45, 7) is 2.21. The molecule has 4 aromatic carbocycles. The van der Waals surface area contributed by atoms with Gasteiger partial charge in [-0.25, -0.2) is 4.57 Å². The van der Waals surface area contributed by atoms with Crippen LogP contribution in [0.5, 0.6) is 0 Å². The fourth-order valence-corrected chi connectivity index (χ4v) is 5.34. The third kappa shape index (κ3) is 2.03. The van der Waals surface area contributed by atoms with Crippen molar-refractivity contribution in [3.8, 4) is 11.4 Å². The number of benzene rings is 4. The van der Waals surface area contributed by atoms with Gasteiger partial charge < -0.3 is 4.40 Å². The molecule has 0 atom stereocenters. The summed E-state index contributed by atoms with van der Waals surface area (Å²) in [5.41, 5.74) is 8.40. The monoisotopic (exact) mass is 398 g/mol. The average molecular weight is 398 g/mol. The van der Waals surface area contributed by atoms with Gasteiger partial charge in [0.2, 0.25) is 5.52 Å². The smallest absolute Gasteiger partial charge is 0.301 e. The van der Waals surface area contributed by atoms with Gasteiger partial charge in [-0.05, 0) is 58.6 Å². The first kappa shape index (κ1) is 16.8. The fraction of sp³-hybridized carbons (Fsp3) is 0.0714. The number of fused-ring (bicyclic) bond motifs is 7. The summed E-state index contributed by atoms with van der Waals surface area (Å²) < 4.78 is 4.65. The maximum absolute atomic E-state index is 5.29. The predicted octanol–water partition coefficient (Wildman–Crippen LogP) is 6.18. The number of rotatable bonds is 1. The van der Waals surface area contributed by atoms with E-state index >= 15 is 0 Å². The highest BCUT2D eigenvalue weighted by Gasteiger charge is 2.29. The Labute approximate surface area is 179 Å². The largest absolute Gasteiger partial charge is 0.331 e. The van der Waals surface area contributed by atoms with Crippen molar-refractivity contribution in [2.45, 2.75) is 6.92 Å². The highest BCUT2D eigenvalue weighted by atomic mass is 15.1. The summed E-state index contributed by atoms with van der Waals surface area (Å²) in [7, 11) is 2.15. The van der Waals surface area contributed by atoms with E-state index in [-0.39, 0.29) is 0 Å². The fourth-order valence-electron chi connectivity index (χ4n) is 5.34. The molecular weight excluding hydrogens is 378 g/mol. The Morgan fingerprint density at radius 3 is 2.16 bits per heavy atom. The molecule has 0 amide bonds. The van der Waals surface area contributed by atoms with Crippen molar-refractivity contribution in [3.63, 3.8) is 0 Å². The lowest BCUT2D eigenvalue weighted by atomic mass is 9.99. The molecule has 31 heavy (non-hydrogen) atoms. The van der Waals surface area contributed by atoms with Gasteiger partial charge in [-0.3, -0.25) is 0 Å². The van der Waals surface area contributed by atoms with Gasteiger partial charge in [-0.1, -0.05) is 54.6 Å². The molecule has 3 heterocycles. The highest BCUT2D eigenvalue weighted by Crippen LogP contribution is 2.38. The van der Waals surface area contributed by atoms with E-state index in [0.29, 0.717) is 0 Å². The van der Waals surface area contributed by atoms with E-state index in [1.165, 1.54) is 54.7 Å². The van der Waals surface area contributed by atoms with E-state index in [1.54, 1.807) is 0 Å². The van der Waals surface area contributed by atoms with Crippen LogP contribution in [0.15, 0.2) is 84.9 Å². The Bertz CT molecular complexity index is 1810. The number of para-hydroxylation sites is 2. The Morgan fingerprint density at radius 1 is 0.710 bits per heavy atom. The Morgan fingerprint density at radius 2 is 1.35 bits per heavy atom. The van der Waals surface area contributed by atoms with Crippen molar-refractivity contribution in [2.75, 3.05) is 0 Å². The van der Waals surface area contributed by atoms with Crippen molar-refractivity contribution in [2.24, 2.45) is 7.05 Å². The number of aryl methyl sites for hydroxylation is 2. The quantitative estimate of drug-likeness (QED) is 0.302. The van der Waals surface area contributed by atoms with Crippen molar-refractivity contribution >= 4 is 49.1 Å². The predicted molar refractivity (Wildman–Crippen MR) is 128 cm³/mol. The Hall–Kier alpha value is -3.98. The van der Waals surface area contributed by atoms with Crippen molar-refractivity contribution in [3.05, 3.63) is 90.5 Å². The van der Waals surface area contributed by atoms with Gasteiger partial charge in [0.05, 0.1) is 29.0 Å². The third-order valence-corrected chi connectivity index (χ3v) is 6.78. The lowest BCUT2D eigenvalue weighted by molar-refractivity contribution is -0.635. The molecule has 0 unspecified atom stereocenters. The normalized spacial score (nSPS) is 12.2. The zero-order valence-electron chi connectivity index (χ0n) is 17.4. The molecule has 0 aliphatic carbocycles. The van der Waals surface area contributed by atoms with Crippen LogP contribution in [0, 0.1) is 6.92 Å². The molecule has 0 radical (unpaired) electrons. The lowest BCUT2D eigenvalue weighted by Gasteiger charge is -2.08.